The molecule has 1 N–H and O–H groups in total. The summed E-state index contributed by atoms with van der Waals surface area (Å²) in [6.07, 6.45) is 6.79. The second-order valence-electron chi connectivity index (χ2n) is 4.44. The van der Waals surface area contributed by atoms with Crippen LogP contribution in [0.5, 0.6) is 0 Å². The summed E-state index contributed by atoms with van der Waals surface area (Å²) in [5, 5.41) is 3.44. The molecule has 15 heavy (non-hydrogen) atoms. The van der Waals surface area contributed by atoms with E-state index >= 15 is 0 Å². The predicted molar refractivity (Wildman–Crippen MR) is 62.2 cm³/mol. The first-order valence-corrected chi connectivity index (χ1v) is 6.17. The van der Waals surface area contributed by atoms with Crippen LogP contribution in [0, 0.1) is 0 Å². The van der Waals surface area contributed by atoms with Crippen molar-refractivity contribution in [3.63, 3.8) is 0 Å². The lowest BCUT2D eigenvalue weighted by molar-refractivity contribution is 0.0100. The molecule has 0 bridgehead atoms. The highest BCUT2D eigenvalue weighted by Gasteiger charge is 2.12. The number of hydrogen-bond donors (Lipinski definition) is 1. The molecule has 1 saturated heterocycles. The van der Waals surface area contributed by atoms with E-state index in [1.807, 2.05) is 0 Å². The van der Waals surface area contributed by atoms with E-state index in [0.29, 0.717) is 12.1 Å². The van der Waals surface area contributed by atoms with Gasteiger partial charge in [0, 0.05) is 19.8 Å². The van der Waals surface area contributed by atoms with Crippen molar-refractivity contribution in [1.82, 2.24) is 5.32 Å². The summed E-state index contributed by atoms with van der Waals surface area (Å²) < 4.78 is 10.7. The van der Waals surface area contributed by atoms with Crippen LogP contribution in [0.1, 0.15) is 39.0 Å². The zero-order valence-corrected chi connectivity index (χ0v) is 10.1. The van der Waals surface area contributed by atoms with Gasteiger partial charge in [0.15, 0.2) is 0 Å². The van der Waals surface area contributed by atoms with E-state index in [1.54, 1.807) is 7.11 Å². The zero-order chi connectivity index (χ0) is 10.9. The van der Waals surface area contributed by atoms with E-state index in [-0.39, 0.29) is 0 Å². The van der Waals surface area contributed by atoms with Crippen LogP contribution >= 0.6 is 0 Å². The molecular formula is C12H25NO2. The van der Waals surface area contributed by atoms with Crippen LogP contribution in [-0.4, -0.2) is 39.0 Å². The Morgan fingerprint density at radius 3 is 3.00 bits per heavy atom. The molecule has 3 heteroatoms. The highest BCUT2D eigenvalue weighted by atomic mass is 16.5. The van der Waals surface area contributed by atoms with Gasteiger partial charge >= 0.3 is 0 Å². The Balaban J connectivity index is 1.91. The molecule has 1 aliphatic rings. The molecule has 1 fully saturated rings. The fraction of sp³-hybridized carbons (Fsp3) is 1.00. The highest BCUT2D eigenvalue weighted by molar-refractivity contribution is 4.65. The molecule has 90 valence electrons. The predicted octanol–water partition coefficient (Wildman–Crippen LogP) is 1.96. The van der Waals surface area contributed by atoms with E-state index < -0.39 is 0 Å². The monoisotopic (exact) mass is 215 g/mol. The van der Waals surface area contributed by atoms with Gasteiger partial charge < -0.3 is 14.8 Å². The zero-order valence-electron chi connectivity index (χ0n) is 10.1. The van der Waals surface area contributed by atoms with Crippen molar-refractivity contribution in [2.75, 3.05) is 26.9 Å². The second kappa shape index (κ2) is 8.08. The average Bonchev–Trinajstić information content (AvgIpc) is 2.26. The van der Waals surface area contributed by atoms with Crippen molar-refractivity contribution < 1.29 is 9.47 Å². The van der Waals surface area contributed by atoms with Gasteiger partial charge in [0.2, 0.25) is 0 Å². The molecule has 1 rings (SSSR count). The summed E-state index contributed by atoms with van der Waals surface area (Å²) in [6, 6.07) is 0.460. The molecule has 0 amide bonds. The smallest absolute Gasteiger partial charge is 0.0613 e. The topological polar surface area (TPSA) is 30.5 Å². The van der Waals surface area contributed by atoms with Crippen LogP contribution in [0.3, 0.4) is 0 Å². The lowest BCUT2D eigenvalue weighted by atomic mass is 10.0. The molecule has 2 atom stereocenters. The van der Waals surface area contributed by atoms with Crippen LogP contribution in [-0.2, 0) is 9.47 Å². The SMILES string of the molecule is COCC(C)NCCCC1CCCCO1. The van der Waals surface area contributed by atoms with Crippen molar-refractivity contribution in [2.24, 2.45) is 0 Å². The van der Waals surface area contributed by atoms with Gasteiger partial charge in [-0.2, -0.15) is 0 Å². The van der Waals surface area contributed by atoms with E-state index in [1.165, 1.54) is 32.1 Å². The van der Waals surface area contributed by atoms with Crippen molar-refractivity contribution >= 4 is 0 Å². The fourth-order valence-corrected chi connectivity index (χ4v) is 2.02. The number of hydrogen-bond acceptors (Lipinski definition) is 3. The molecule has 0 aliphatic carbocycles. The van der Waals surface area contributed by atoms with Gasteiger partial charge in [-0.15, -0.1) is 0 Å². The van der Waals surface area contributed by atoms with Crippen molar-refractivity contribution in [2.45, 2.75) is 51.2 Å². The number of rotatable bonds is 7. The van der Waals surface area contributed by atoms with Gasteiger partial charge in [0.25, 0.3) is 0 Å². The lowest BCUT2D eigenvalue weighted by Gasteiger charge is -2.22. The maximum absolute atomic E-state index is 5.68. The number of methoxy groups -OCH3 is 1. The Hall–Kier alpha value is -0.120. The maximum Gasteiger partial charge on any atom is 0.0613 e. The Morgan fingerprint density at radius 2 is 2.33 bits per heavy atom. The minimum Gasteiger partial charge on any atom is -0.383 e. The van der Waals surface area contributed by atoms with Crippen molar-refractivity contribution in [1.29, 1.82) is 0 Å². The number of nitrogens with one attached hydrogen (secondary N) is 1. The van der Waals surface area contributed by atoms with Crippen LogP contribution in [0.25, 0.3) is 0 Å². The minimum absolute atomic E-state index is 0.460. The first kappa shape index (κ1) is 12.9. The second-order valence-corrected chi connectivity index (χ2v) is 4.44. The minimum atomic E-state index is 0.460. The summed E-state index contributed by atoms with van der Waals surface area (Å²) in [5.74, 6) is 0. The Bertz CT molecular complexity index is 147. The van der Waals surface area contributed by atoms with Gasteiger partial charge in [0.1, 0.15) is 0 Å². The van der Waals surface area contributed by atoms with Crippen LogP contribution in [0.2, 0.25) is 0 Å². The Morgan fingerprint density at radius 1 is 1.47 bits per heavy atom. The molecule has 1 heterocycles. The molecule has 0 saturated carbocycles. The van der Waals surface area contributed by atoms with Crippen molar-refractivity contribution in [3.8, 4) is 0 Å². The summed E-state index contributed by atoms with van der Waals surface area (Å²) in [5.41, 5.74) is 0. The molecule has 0 radical (unpaired) electrons. The van der Waals surface area contributed by atoms with Gasteiger partial charge in [0.05, 0.1) is 12.7 Å². The third-order valence-corrected chi connectivity index (χ3v) is 2.89. The van der Waals surface area contributed by atoms with Crippen LogP contribution in [0.15, 0.2) is 0 Å². The van der Waals surface area contributed by atoms with Crippen LogP contribution in [0.4, 0.5) is 0 Å². The summed E-state index contributed by atoms with van der Waals surface area (Å²) in [6.45, 7) is 4.99. The largest absolute Gasteiger partial charge is 0.383 e. The maximum atomic E-state index is 5.68. The highest BCUT2D eigenvalue weighted by Crippen LogP contribution is 2.16. The molecule has 2 unspecified atom stereocenters. The standard InChI is InChI=1S/C12H25NO2/c1-11(10-14-2)13-8-5-7-12-6-3-4-9-15-12/h11-13H,3-10H2,1-2H3. The van der Waals surface area contributed by atoms with E-state index in [4.69, 9.17) is 9.47 Å². The number of ether oxygens (including phenoxy) is 2. The third kappa shape index (κ3) is 6.13. The summed E-state index contributed by atoms with van der Waals surface area (Å²) in [7, 11) is 1.74. The molecule has 0 aromatic heterocycles. The van der Waals surface area contributed by atoms with E-state index in [2.05, 4.69) is 12.2 Å². The average molecular weight is 215 g/mol. The van der Waals surface area contributed by atoms with Gasteiger partial charge in [-0.1, -0.05) is 0 Å². The Labute approximate surface area is 93.5 Å². The van der Waals surface area contributed by atoms with Gasteiger partial charge in [-0.3, -0.25) is 0 Å². The van der Waals surface area contributed by atoms with Gasteiger partial charge in [-0.05, 0) is 45.6 Å². The molecule has 1 aliphatic heterocycles. The lowest BCUT2D eigenvalue weighted by Crippen LogP contribution is -2.31. The van der Waals surface area contributed by atoms with Gasteiger partial charge in [-0.25, -0.2) is 0 Å². The summed E-state index contributed by atoms with van der Waals surface area (Å²) in [4.78, 5) is 0. The molecule has 0 aromatic carbocycles. The Kier molecular flexibility index (Phi) is 6.98. The molecule has 0 aromatic rings. The third-order valence-electron chi connectivity index (χ3n) is 2.89. The molecular weight excluding hydrogens is 190 g/mol. The first-order chi connectivity index (χ1) is 7.33. The van der Waals surface area contributed by atoms with E-state index in [9.17, 15) is 0 Å². The van der Waals surface area contributed by atoms with E-state index in [0.717, 1.165) is 19.8 Å². The van der Waals surface area contributed by atoms with Crippen LogP contribution < -0.4 is 5.32 Å². The van der Waals surface area contributed by atoms with Crippen molar-refractivity contribution in [3.05, 3.63) is 0 Å². The molecule has 3 nitrogen and oxygen atoms in total. The normalized spacial score (nSPS) is 24.0. The first-order valence-electron chi connectivity index (χ1n) is 6.17. The summed E-state index contributed by atoms with van der Waals surface area (Å²) >= 11 is 0. The molecule has 0 spiro atoms. The quantitative estimate of drug-likeness (QED) is 0.659. The fourth-order valence-electron chi connectivity index (χ4n) is 2.02.